The molecule has 0 N–H and O–H groups in total. The molecular formula is C20H24O4. The van der Waals surface area contributed by atoms with Gasteiger partial charge in [-0.3, -0.25) is 0 Å². The van der Waals surface area contributed by atoms with Gasteiger partial charge in [0.05, 0.1) is 6.61 Å². The van der Waals surface area contributed by atoms with Crippen LogP contribution in [0.4, 0.5) is 0 Å². The fourth-order valence-electron chi connectivity index (χ4n) is 3.02. The van der Waals surface area contributed by atoms with Gasteiger partial charge < -0.3 is 13.6 Å². The first-order valence-corrected chi connectivity index (χ1v) is 8.42. The van der Waals surface area contributed by atoms with Gasteiger partial charge in [0.1, 0.15) is 16.9 Å². The SMILES string of the molecule is Cc1oc2c(C)c3oc(=O)cc(C)c3cc2c1COCCC(C)C. The van der Waals surface area contributed by atoms with Crippen molar-refractivity contribution in [3.63, 3.8) is 0 Å². The van der Waals surface area contributed by atoms with Gasteiger partial charge in [-0.15, -0.1) is 0 Å². The lowest BCUT2D eigenvalue weighted by Crippen LogP contribution is -2.00. The van der Waals surface area contributed by atoms with Gasteiger partial charge in [0, 0.05) is 34.6 Å². The second-order valence-electron chi connectivity index (χ2n) is 6.88. The van der Waals surface area contributed by atoms with E-state index in [0.717, 1.165) is 51.8 Å². The normalized spacial score (nSPS) is 11.9. The molecule has 1 aromatic carbocycles. The zero-order chi connectivity index (χ0) is 17.4. The quantitative estimate of drug-likeness (QED) is 0.487. The minimum Gasteiger partial charge on any atom is -0.461 e. The molecule has 3 aromatic rings. The van der Waals surface area contributed by atoms with E-state index in [2.05, 4.69) is 13.8 Å². The van der Waals surface area contributed by atoms with Gasteiger partial charge in [0.25, 0.3) is 0 Å². The zero-order valence-corrected chi connectivity index (χ0v) is 15.0. The maximum Gasteiger partial charge on any atom is 0.336 e. The Hall–Kier alpha value is -2.07. The summed E-state index contributed by atoms with van der Waals surface area (Å²) >= 11 is 0. The van der Waals surface area contributed by atoms with Crippen molar-refractivity contribution in [2.75, 3.05) is 6.61 Å². The molecule has 0 saturated carbocycles. The molecule has 0 atom stereocenters. The first kappa shape index (κ1) is 16.8. The van der Waals surface area contributed by atoms with Crippen molar-refractivity contribution in [3.05, 3.63) is 45.0 Å². The molecule has 0 spiro atoms. The summed E-state index contributed by atoms with van der Waals surface area (Å²) < 4.78 is 17.2. The van der Waals surface area contributed by atoms with Crippen molar-refractivity contribution in [3.8, 4) is 0 Å². The van der Waals surface area contributed by atoms with Gasteiger partial charge in [0.2, 0.25) is 0 Å². The molecule has 4 heteroatoms. The molecule has 0 aliphatic heterocycles. The summed E-state index contributed by atoms with van der Waals surface area (Å²) in [6.45, 7) is 11.5. The Morgan fingerprint density at radius 1 is 1.04 bits per heavy atom. The van der Waals surface area contributed by atoms with Crippen LogP contribution in [0.2, 0.25) is 0 Å². The smallest absolute Gasteiger partial charge is 0.336 e. The monoisotopic (exact) mass is 328 g/mol. The first-order valence-electron chi connectivity index (χ1n) is 8.42. The number of ether oxygens (including phenoxy) is 1. The summed E-state index contributed by atoms with van der Waals surface area (Å²) in [7, 11) is 0. The third-order valence-corrected chi connectivity index (χ3v) is 4.51. The molecule has 0 fully saturated rings. The summed E-state index contributed by atoms with van der Waals surface area (Å²) in [5.41, 5.74) is 3.90. The average Bonchev–Trinajstić information content (AvgIpc) is 2.81. The molecule has 3 rings (SSSR count). The number of fused-ring (bicyclic) bond motifs is 2. The Morgan fingerprint density at radius 2 is 1.75 bits per heavy atom. The molecule has 4 nitrogen and oxygen atoms in total. The first-order chi connectivity index (χ1) is 11.4. The lowest BCUT2D eigenvalue weighted by Gasteiger charge is -2.07. The van der Waals surface area contributed by atoms with E-state index in [-0.39, 0.29) is 5.63 Å². The van der Waals surface area contributed by atoms with Crippen molar-refractivity contribution in [2.24, 2.45) is 5.92 Å². The summed E-state index contributed by atoms with van der Waals surface area (Å²) in [6, 6.07) is 3.58. The largest absolute Gasteiger partial charge is 0.461 e. The average molecular weight is 328 g/mol. The lowest BCUT2D eigenvalue weighted by molar-refractivity contribution is 0.110. The second-order valence-corrected chi connectivity index (χ2v) is 6.88. The molecule has 0 bridgehead atoms. The Bertz CT molecular complexity index is 944. The molecule has 2 heterocycles. The maximum absolute atomic E-state index is 11.7. The van der Waals surface area contributed by atoms with Crippen LogP contribution in [0.3, 0.4) is 0 Å². The molecule has 24 heavy (non-hydrogen) atoms. The van der Waals surface area contributed by atoms with Crippen LogP contribution in [0.15, 0.2) is 25.8 Å². The Kier molecular flexibility index (Phi) is 4.50. The molecule has 0 amide bonds. The number of benzene rings is 1. The highest BCUT2D eigenvalue weighted by Crippen LogP contribution is 2.34. The Morgan fingerprint density at radius 3 is 2.46 bits per heavy atom. The fourth-order valence-corrected chi connectivity index (χ4v) is 3.02. The van der Waals surface area contributed by atoms with E-state index in [1.807, 2.05) is 26.8 Å². The van der Waals surface area contributed by atoms with Gasteiger partial charge in [-0.25, -0.2) is 4.79 Å². The molecule has 2 aromatic heterocycles. The number of rotatable bonds is 5. The number of hydrogen-bond donors (Lipinski definition) is 0. The van der Waals surface area contributed by atoms with Gasteiger partial charge in [-0.1, -0.05) is 13.8 Å². The number of hydrogen-bond acceptors (Lipinski definition) is 4. The van der Waals surface area contributed by atoms with Gasteiger partial charge in [-0.05, 0) is 44.7 Å². The van der Waals surface area contributed by atoms with E-state index in [1.165, 1.54) is 6.07 Å². The predicted molar refractivity (Wildman–Crippen MR) is 95.6 cm³/mol. The topological polar surface area (TPSA) is 52.6 Å². The van der Waals surface area contributed by atoms with Crippen LogP contribution in [0, 0.1) is 26.7 Å². The van der Waals surface area contributed by atoms with Crippen molar-refractivity contribution in [1.29, 1.82) is 0 Å². The van der Waals surface area contributed by atoms with Crippen LogP contribution in [0.25, 0.3) is 21.9 Å². The molecule has 0 aliphatic rings. The molecular weight excluding hydrogens is 304 g/mol. The van der Waals surface area contributed by atoms with E-state index < -0.39 is 0 Å². The van der Waals surface area contributed by atoms with Crippen LogP contribution < -0.4 is 5.63 Å². The summed E-state index contributed by atoms with van der Waals surface area (Å²) in [5, 5.41) is 1.99. The molecule has 0 radical (unpaired) electrons. The van der Waals surface area contributed by atoms with Crippen molar-refractivity contribution >= 4 is 21.9 Å². The highest BCUT2D eigenvalue weighted by molar-refractivity contribution is 5.99. The zero-order valence-electron chi connectivity index (χ0n) is 15.0. The molecule has 0 unspecified atom stereocenters. The Labute approximate surface area is 141 Å². The summed E-state index contributed by atoms with van der Waals surface area (Å²) in [4.78, 5) is 11.7. The van der Waals surface area contributed by atoms with Crippen molar-refractivity contribution in [2.45, 2.75) is 47.6 Å². The van der Waals surface area contributed by atoms with E-state index in [4.69, 9.17) is 13.6 Å². The second kappa shape index (κ2) is 6.44. The van der Waals surface area contributed by atoms with Gasteiger partial charge in [0.15, 0.2) is 0 Å². The molecule has 0 saturated heterocycles. The van der Waals surface area contributed by atoms with E-state index in [1.54, 1.807) is 0 Å². The van der Waals surface area contributed by atoms with Crippen molar-refractivity contribution < 1.29 is 13.6 Å². The van der Waals surface area contributed by atoms with Crippen LogP contribution >= 0.6 is 0 Å². The lowest BCUT2D eigenvalue weighted by atomic mass is 10.0. The van der Waals surface area contributed by atoms with Crippen LogP contribution in [0.1, 0.15) is 42.7 Å². The van der Waals surface area contributed by atoms with E-state index in [9.17, 15) is 4.79 Å². The maximum atomic E-state index is 11.7. The van der Waals surface area contributed by atoms with Gasteiger partial charge >= 0.3 is 5.63 Å². The summed E-state index contributed by atoms with van der Waals surface area (Å²) in [5.74, 6) is 1.48. The van der Waals surface area contributed by atoms with E-state index in [0.29, 0.717) is 18.1 Å². The summed E-state index contributed by atoms with van der Waals surface area (Å²) in [6.07, 6.45) is 1.04. The highest BCUT2D eigenvalue weighted by atomic mass is 16.5. The third kappa shape index (κ3) is 2.98. The van der Waals surface area contributed by atoms with Crippen molar-refractivity contribution in [1.82, 2.24) is 0 Å². The predicted octanol–water partition coefficient (Wildman–Crippen LogP) is 5.03. The number of furan rings is 1. The van der Waals surface area contributed by atoms with E-state index >= 15 is 0 Å². The fraction of sp³-hybridized carbons (Fsp3) is 0.450. The minimum absolute atomic E-state index is 0.331. The standard InChI is InChI=1S/C20H24O4/c1-11(2)6-7-22-10-17-14(5)23-20-13(4)19-15(9-16(17)20)12(3)8-18(21)24-19/h8-9,11H,6-7,10H2,1-5H3. The highest BCUT2D eigenvalue weighted by Gasteiger charge is 2.17. The minimum atomic E-state index is -0.331. The van der Waals surface area contributed by atoms with Crippen LogP contribution in [-0.2, 0) is 11.3 Å². The Balaban J connectivity index is 2.08. The van der Waals surface area contributed by atoms with Gasteiger partial charge in [-0.2, -0.15) is 0 Å². The third-order valence-electron chi connectivity index (χ3n) is 4.51. The molecule has 0 aliphatic carbocycles. The number of aryl methyl sites for hydroxylation is 3. The van der Waals surface area contributed by atoms with Crippen LogP contribution in [0.5, 0.6) is 0 Å². The van der Waals surface area contributed by atoms with Crippen LogP contribution in [-0.4, -0.2) is 6.61 Å². The molecule has 128 valence electrons.